The third kappa shape index (κ3) is 6.37. The zero-order chi connectivity index (χ0) is 24.7. The van der Waals surface area contributed by atoms with Crippen molar-refractivity contribution >= 4 is 29.3 Å². The number of carbonyl (C=O) groups is 1. The summed E-state index contributed by atoms with van der Waals surface area (Å²) in [4.78, 5) is 12.5. The molecule has 3 rings (SSSR count). The molecule has 0 aliphatic heterocycles. The fraction of sp³-hybridized carbons (Fsp3) is 0.185. The molecule has 0 saturated heterocycles. The monoisotopic (exact) mass is 478 g/mol. The van der Waals surface area contributed by atoms with Crippen LogP contribution in [-0.4, -0.2) is 12.5 Å². The first-order valence-electron chi connectivity index (χ1n) is 10.6. The normalized spacial score (nSPS) is 11.0. The van der Waals surface area contributed by atoms with Gasteiger partial charge in [0.2, 0.25) is 0 Å². The van der Waals surface area contributed by atoms with Crippen LogP contribution in [0.5, 0.6) is 11.5 Å². The highest BCUT2D eigenvalue weighted by molar-refractivity contribution is 6.32. The van der Waals surface area contributed by atoms with Crippen molar-refractivity contribution in [3.63, 3.8) is 0 Å². The van der Waals surface area contributed by atoms with Crippen LogP contribution in [0.3, 0.4) is 0 Å². The second-order valence-corrected chi connectivity index (χ2v) is 8.06. The van der Waals surface area contributed by atoms with Crippen molar-refractivity contribution in [3.8, 4) is 17.6 Å². The minimum absolute atomic E-state index is 0.0168. The van der Waals surface area contributed by atoms with Crippen molar-refractivity contribution in [1.82, 2.24) is 0 Å². The molecule has 3 aromatic carbocycles. The smallest absolute Gasteiger partial charge is 0.266 e. The Balaban J connectivity index is 1.86. The van der Waals surface area contributed by atoms with Crippen molar-refractivity contribution in [2.24, 2.45) is 0 Å². The molecule has 0 fully saturated rings. The number of para-hydroxylation sites is 1. The Morgan fingerprint density at radius 2 is 1.82 bits per heavy atom. The highest BCUT2D eigenvalue weighted by atomic mass is 35.5. The molecule has 1 N–H and O–H groups in total. The largest absolute Gasteiger partial charge is 0.490 e. The zero-order valence-corrected chi connectivity index (χ0v) is 19.9. The quantitative estimate of drug-likeness (QED) is 0.292. The highest BCUT2D eigenvalue weighted by Crippen LogP contribution is 2.38. The van der Waals surface area contributed by atoms with Crippen LogP contribution in [0.25, 0.3) is 6.08 Å². The predicted molar refractivity (Wildman–Crippen MR) is 131 cm³/mol. The number of benzene rings is 3. The standard InChI is InChI=1S/C27H24ClFN2O3/c1-4-33-25-14-19(12-21(15-30)27(32)31-24-8-6-5-7-23(24)29)13-22(28)26(25)34-16-20-10-17(2)9-18(3)11-20/h5-14H,4,16H2,1-3H3,(H,31,32)/b21-12+. The molecule has 0 unspecified atom stereocenters. The molecule has 0 heterocycles. The van der Waals surface area contributed by atoms with Crippen LogP contribution in [-0.2, 0) is 11.4 Å². The molecular formula is C27H24ClFN2O3. The van der Waals surface area contributed by atoms with E-state index in [2.05, 4.69) is 11.4 Å². The number of ether oxygens (including phenoxy) is 2. The molecule has 0 bridgehead atoms. The van der Waals surface area contributed by atoms with E-state index in [1.807, 2.05) is 39.0 Å². The number of nitriles is 1. The van der Waals surface area contributed by atoms with E-state index in [0.29, 0.717) is 30.3 Å². The van der Waals surface area contributed by atoms with Crippen LogP contribution >= 0.6 is 11.6 Å². The van der Waals surface area contributed by atoms with Gasteiger partial charge in [0.15, 0.2) is 11.5 Å². The molecule has 0 aliphatic rings. The van der Waals surface area contributed by atoms with Crippen molar-refractivity contribution in [1.29, 1.82) is 5.26 Å². The van der Waals surface area contributed by atoms with Crippen molar-refractivity contribution in [2.45, 2.75) is 27.4 Å². The number of halogens is 2. The lowest BCUT2D eigenvalue weighted by Gasteiger charge is -2.15. The van der Waals surface area contributed by atoms with Gasteiger partial charge in [-0.15, -0.1) is 0 Å². The number of rotatable bonds is 8. The first kappa shape index (κ1) is 24.8. The summed E-state index contributed by atoms with van der Waals surface area (Å²) in [6.07, 6.45) is 1.36. The van der Waals surface area contributed by atoms with Gasteiger partial charge in [-0.2, -0.15) is 5.26 Å². The molecule has 0 aromatic heterocycles. The van der Waals surface area contributed by atoms with Crippen molar-refractivity contribution in [2.75, 3.05) is 11.9 Å². The van der Waals surface area contributed by atoms with Crippen molar-refractivity contribution in [3.05, 3.63) is 93.3 Å². The molecule has 0 spiro atoms. The lowest BCUT2D eigenvalue weighted by Crippen LogP contribution is -2.14. The van der Waals surface area contributed by atoms with Crippen LogP contribution < -0.4 is 14.8 Å². The number of nitrogens with one attached hydrogen (secondary N) is 1. The van der Waals surface area contributed by atoms with E-state index < -0.39 is 11.7 Å². The Labute approximate surface area is 203 Å². The molecule has 0 saturated carbocycles. The summed E-state index contributed by atoms with van der Waals surface area (Å²) in [5.41, 5.74) is 3.49. The van der Waals surface area contributed by atoms with Gasteiger partial charge in [-0.25, -0.2) is 4.39 Å². The summed E-state index contributed by atoms with van der Waals surface area (Å²) in [5.74, 6) is -0.580. The summed E-state index contributed by atoms with van der Waals surface area (Å²) in [6.45, 7) is 6.53. The van der Waals surface area contributed by atoms with Crippen LogP contribution in [0.1, 0.15) is 29.2 Å². The highest BCUT2D eigenvalue weighted by Gasteiger charge is 2.16. The number of amides is 1. The third-order valence-corrected chi connectivity index (χ3v) is 5.08. The summed E-state index contributed by atoms with van der Waals surface area (Å²) < 4.78 is 25.5. The van der Waals surface area contributed by atoms with Gasteiger partial charge in [0.1, 0.15) is 24.1 Å². The van der Waals surface area contributed by atoms with E-state index in [-0.39, 0.29) is 16.3 Å². The molecular weight excluding hydrogens is 455 g/mol. The number of nitrogens with zero attached hydrogens (tertiary/aromatic N) is 1. The van der Waals surface area contributed by atoms with E-state index in [1.54, 1.807) is 18.2 Å². The summed E-state index contributed by atoms with van der Waals surface area (Å²) in [6, 6.07) is 16.9. The number of carbonyl (C=O) groups excluding carboxylic acids is 1. The van der Waals surface area contributed by atoms with E-state index in [4.69, 9.17) is 21.1 Å². The molecule has 0 radical (unpaired) electrons. The van der Waals surface area contributed by atoms with Crippen LogP contribution in [0.2, 0.25) is 5.02 Å². The van der Waals surface area contributed by atoms with Gasteiger partial charge in [0, 0.05) is 0 Å². The third-order valence-electron chi connectivity index (χ3n) is 4.79. The van der Waals surface area contributed by atoms with Gasteiger partial charge < -0.3 is 14.8 Å². The van der Waals surface area contributed by atoms with Gasteiger partial charge in [-0.3, -0.25) is 4.79 Å². The van der Waals surface area contributed by atoms with Crippen LogP contribution in [0.4, 0.5) is 10.1 Å². The molecule has 7 heteroatoms. The van der Waals surface area contributed by atoms with Crippen LogP contribution in [0.15, 0.2) is 60.2 Å². The number of hydrogen-bond donors (Lipinski definition) is 1. The molecule has 5 nitrogen and oxygen atoms in total. The van der Waals surface area contributed by atoms with Gasteiger partial charge in [-0.1, -0.05) is 53.1 Å². The number of anilines is 1. The SMILES string of the molecule is CCOc1cc(/C=C(\C#N)C(=O)Nc2ccccc2F)cc(Cl)c1OCc1cc(C)cc(C)c1. The first-order valence-corrected chi connectivity index (χ1v) is 11.0. The van der Waals surface area contributed by atoms with Gasteiger partial charge >= 0.3 is 0 Å². The zero-order valence-electron chi connectivity index (χ0n) is 19.1. The van der Waals surface area contributed by atoms with Crippen LogP contribution in [0, 0.1) is 31.0 Å². The molecule has 174 valence electrons. The molecule has 34 heavy (non-hydrogen) atoms. The Kier molecular flexibility index (Phi) is 8.29. The van der Waals surface area contributed by atoms with E-state index in [0.717, 1.165) is 16.7 Å². The average molecular weight is 479 g/mol. The van der Waals surface area contributed by atoms with Crippen molar-refractivity contribution < 1.29 is 18.7 Å². The molecule has 0 atom stereocenters. The lowest BCUT2D eigenvalue weighted by molar-refractivity contribution is -0.112. The maximum absolute atomic E-state index is 13.9. The van der Waals surface area contributed by atoms with Gasteiger partial charge in [0.05, 0.1) is 17.3 Å². The van der Waals surface area contributed by atoms with E-state index in [1.165, 1.54) is 24.3 Å². The maximum Gasteiger partial charge on any atom is 0.266 e. The van der Waals surface area contributed by atoms with Gasteiger partial charge in [0.25, 0.3) is 5.91 Å². The molecule has 3 aromatic rings. The predicted octanol–water partition coefficient (Wildman–Crippen LogP) is 6.62. The maximum atomic E-state index is 13.9. The van der Waals surface area contributed by atoms with E-state index >= 15 is 0 Å². The lowest BCUT2D eigenvalue weighted by atomic mass is 10.1. The average Bonchev–Trinajstić information content (AvgIpc) is 2.78. The van der Waals surface area contributed by atoms with E-state index in [9.17, 15) is 14.4 Å². The fourth-order valence-corrected chi connectivity index (χ4v) is 3.72. The minimum atomic E-state index is -0.739. The summed E-state index contributed by atoms with van der Waals surface area (Å²) >= 11 is 6.49. The fourth-order valence-electron chi connectivity index (χ4n) is 3.45. The Hall–Kier alpha value is -3.82. The molecule has 0 aliphatic carbocycles. The first-order chi connectivity index (χ1) is 16.3. The Morgan fingerprint density at radius 3 is 2.47 bits per heavy atom. The minimum Gasteiger partial charge on any atom is -0.490 e. The Morgan fingerprint density at radius 1 is 1.12 bits per heavy atom. The number of hydrogen-bond acceptors (Lipinski definition) is 4. The molecule has 1 amide bonds. The second-order valence-electron chi connectivity index (χ2n) is 7.65. The Bertz CT molecular complexity index is 1260. The topological polar surface area (TPSA) is 71.3 Å². The number of aryl methyl sites for hydroxylation is 2. The second kappa shape index (κ2) is 11.4. The summed E-state index contributed by atoms with van der Waals surface area (Å²) in [7, 11) is 0. The summed E-state index contributed by atoms with van der Waals surface area (Å²) in [5, 5.41) is 12.2. The van der Waals surface area contributed by atoms with Gasteiger partial charge in [-0.05, 0) is 62.2 Å².